The summed E-state index contributed by atoms with van der Waals surface area (Å²) in [6.45, 7) is 13.7. The van der Waals surface area contributed by atoms with Gasteiger partial charge in [0.2, 0.25) is 0 Å². The van der Waals surface area contributed by atoms with E-state index in [9.17, 15) is 0 Å². The first kappa shape index (κ1) is 22.0. The number of rotatable bonds is 6. The number of aromatic nitrogens is 4. The van der Waals surface area contributed by atoms with E-state index in [4.69, 9.17) is 0 Å². The van der Waals surface area contributed by atoms with E-state index in [0.29, 0.717) is 17.7 Å². The molecule has 0 bridgehead atoms. The molecular weight excluding hydrogens is 403 g/mol. The predicted molar refractivity (Wildman–Crippen MR) is 127 cm³/mol. The van der Waals surface area contributed by atoms with Crippen molar-refractivity contribution in [2.75, 3.05) is 13.6 Å². The standard InChI is InChI=1S/C25H31FN6/c1-16(19-8-7-9-23-20(14-19)10-12-31(23)13-11-27-6)21(26)15-22-17(2)32-18(3)29-30-24(32)25(4,5)28-22/h7-10,12,15,27-28H,1,11,13-14H2,2-6H3/b21-15+. The molecule has 0 aromatic carbocycles. The quantitative estimate of drug-likeness (QED) is 0.668. The number of nitrogens with one attached hydrogen (secondary N) is 2. The van der Waals surface area contributed by atoms with Crippen LogP contribution in [0.3, 0.4) is 0 Å². The van der Waals surface area contributed by atoms with Crippen molar-refractivity contribution >= 4 is 11.8 Å². The molecule has 2 aromatic rings. The van der Waals surface area contributed by atoms with Crippen LogP contribution in [0, 0.1) is 6.92 Å². The van der Waals surface area contributed by atoms with E-state index in [1.807, 2.05) is 51.5 Å². The number of allylic oxidation sites excluding steroid dienone is 7. The Labute approximate surface area is 188 Å². The Kier molecular flexibility index (Phi) is 5.77. The molecule has 0 amide bonds. The van der Waals surface area contributed by atoms with Crippen LogP contribution in [-0.2, 0) is 18.5 Å². The normalized spacial score (nSPS) is 17.4. The van der Waals surface area contributed by atoms with Gasteiger partial charge in [0, 0.05) is 42.7 Å². The van der Waals surface area contributed by atoms with Gasteiger partial charge in [-0.1, -0.05) is 18.7 Å². The molecule has 32 heavy (non-hydrogen) atoms. The largest absolute Gasteiger partial charge is 0.372 e. The van der Waals surface area contributed by atoms with Gasteiger partial charge in [-0.15, -0.1) is 10.2 Å². The third kappa shape index (κ3) is 3.88. The van der Waals surface area contributed by atoms with E-state index in [1.165, 1.54) is 11.6 Å². The highest BCUT2D eigenvalue weighted by Gasteiger charge is 2.33. The molecule has 0 fully saturated rings. The summed E-state index contributed by atoms with van der Waals surface area (Å²) in [5.74, 6) is 1.24. The number of nitrogens with zero attached hydrogens (tertiary/aromatic N) is 4. The lowest BCUT2D eigenvalue weighted by molar-refractivity contribution is 0.404. The maximum absolute atomic E-state index is 15.4. The van der Waals surface area contributed by atoms with Crippen LogP contribution in [0.2, 0.25) is 0 Å². The first-order valence-electron chi connectivity index (χ1n) is 10.9. The second-order valence-corrected chi connectivity index (χ2v) is 8.88. The second-order valence-electron chi connectivity index (χ2n) is 8.88. The van der Waals surface area contributed by atoms with Crippen LogP contribution in [-0.4, -0.2) is 32.9 Å². The van der Waals surface area contributed by atoms with Crippen LogP contribution in [0.5, 0.6) is 0 Å². The van der Waals surface area contributed by atoms with E-state index in [0.717, 1.165) is 41.7 Å². The van der Waals surface area contributed by atoms with Crippen LogP contribution in [0.1, 0.15) is 43.7 Å². The van der Waals surface area contributed by atoms with Gasteiger partial charge in [-0.05, 0) is 64.1 Å². The van der Waals surface area contributed by atoms with Gasteiger partial charge in [-0.25, -0.2) is 4.39 Å². The molecule has 1 aliphatic carbocycles. The van der Waals surface area contributed by atoms with Crippen LogP contribution in [0.15, 0.2) is 59.7 Å². The zero-order valence-electron chi connectivity index (χ0n) is 19.5. The van der Waals surface area contributed by atoms with Crippen molar-refractivity contribution < 1.29 is 4.39 Å². The lowest BCUT2D eigenvalue weighted by Crippen LogP contribution is -2.42. The summed E-state index contributed by atoms with van der Waals surface area (Å²) in [6, 6.07) is 2.11. The third-order valence-corrected chi connectivity index (χ3v) is 6.13. The van der Waals surface area contributed by atoms with Gasteiger partial charge in [-0.2, -0.15) is 0 Å². The van der Waals surface area contributed by atoms with Crippen molar-refractivity contribution in [3.8, 4) is 0 Å². The Hall–Kier alpha value is -3.19. The fourth-order valence-corrected chi connectivity index (χ4v) is 4.32. The molecule has 1 aliphatic heterocycles. The SMILES string of the molecule is C=C(C1=CC=Cc2c(ccn2CCNC)C1)/C(F)=C\C1=C(C)n2c(C)nnc2C(C)(C)N1. The van der Waals surface area contributed by atoms with Crippen molar-refractivity contribution in [2.24, 2.45) is 0 Å². The van der Waals surface area contributed by atoms with E-state index in [2.05, 4.69) is 50.3 Å². The zero-order valence-corrected chi connectivity index (χ0v) is 19.5. The summed E-state index contributed by atoms with van der Waals surface area (Å²) in [4.78, 5) is 0. The number of likely N-dealkylation sites (N-methyl/N-ethyl adjacent to an activating group) is 1. The van der Waals surface area contributed by atoms with E-state index < -0.39 is 5.54 Å². The molecule has 0 atom stereocenters. The van der Waals surface area contributed by atoms with Crippen LogP contribution in [0.25, 0.3) is 11.8 Å². The fourth-order valence-electron chi connectivity index (χ4n) is 4.32. The number of aryl methyl sites for hydroxylation is 1. The highest BCUT2D eigenvalue weighted by molar-refractivity contribution is 5.62. The molecule has 4 rings (SSSR count). The molecular formula is C25H31FN6. The molecule has 3 heterocycles. The smallest absolute Gasteiger partial charge is 0.162 e. The van der Waals surface area contributed by atoms with E-state index in [-0.39, 0.29) is 5.83 Å². The third-order valence-electron chi connectivity index (χ3n) is 6.13. The number of fused-ring (bicyclic) bond motifs is 2. The van der Waals surface area contributed by atoms with Crippen molar-refractivity contribution in [3.05, 3.63) is 82.6 Å². The van der Waals surface area contributed by atoms with Gasteiger partial charge in [-0.3, -0.25) is 4.57 Å². The Morgan fingerprint density at radius 3 is 2.88 bits per heavy atom. The van der Waals surface area contributed by atoms with Crippen LogP contribution < -0.4 is 10.6 Å². The lowest BCUT2D eigenvalue weighted by Gasteiger charge is -2.34. The van der Waals surface area contributed by atoms with Crippen LogP contribution >= 0.6 is 0 Å². The lowest BCUT2D eigenvalue weighted by atomic mass is 9.97. The molecule has 0 radical (unpaired) electrons. The zero-order chi connectivity index (χ0) is 23.0. The summed E-state index contributed by atoms with van der Waals surface area (Å²) in [5, 5.41) is 15.1. The Morgan fingerprint density at radius 1 is 1.34 bits per heavy atom. The molecule has 6 nitrogen and oxygen atoms in total. The number of hydrogen-bond donors (Lipinski definition) is 2. The maximum Gasteiger partial charge on any atom is 0.162 e. The van der Waals surface area contributed by atoms with Gasteiger partial charge in [0.1, 0.15) is 11.7 Å². The van der Waals surface area contributed by atoms with Gasteiger partial charge in [0.05, 0.1) is 11.2 Å². The predicted octanol–water partition coefficient (Wildman–Crippen LogP) is 4.24. The highest BCUT2D eigenvalue weighted by Crippen LogP contribution is 2.33. The van der Waals surface area contributed by atoms with Crippen LogP contribution in [0.4, 0.5) is 4.39 Å². The molecule has 2 N–H and O–H groups in total. The number of halogens is 1. The second kappa shape index (κ2) is 8.39. The van der Waals surface area contributed by atoms with E-state index >= 15 is 4.39 Å². The van der Waals surface area contributed by atoms with Crippen molar-refractivity contribution in [3.63, 3.8) is 0 Å². The summed E-state index contributed by atoms with van der Waals surface area (Å²) in [7, 11) is 1.95. The minimum absolute atomic E-state index is 0.352. The summed E-state index contributed by atoms with van der Waals surface area (Å²) >= 11 is 0. The average Bonchev–Trinajstić information content (AvgIpc) is 3.26. The fraction of sp³-hybridized carbons (Fsp3) is 0.360. The van der Waals surface area contributed by atoms with Crippen molar-refractivity contribution in [1.82, 2.24) is 30.0 Å². The van der Waals surface area contributed by atoms with Crippen molar-refractivity contribution in [2.45, 2.75) is 46.2 Å². The molecule has 0 saturated heterocycles. The van der Waals surface area contributed by atoms with Gasteiger partial charge in [0.25, 0.3) is 0 Å². The Balaban J connectivity index is 1.60. The van der Waals surface area contributed by atoms with Crippen molar-refractivity contribution in [1.29, 1.82) is 0 Å². The summed E-state index contributed by atoms with van der Waals surface area (Å²) < 4.78 is 19.6. The molecule has 2 aliphatic rings. The van der Waals surface area contributed by atoms with Gasteiger partial charge >= 0.3 is 0 Å². The summed E-state index contributed by atoms with van der Waals surface area (Å²) in [5.41, 5.74) is 4.70. The maximum atomic E-state index is 15.4. The topological polar surface area (TPSA) is 59.7 Å². The molecule has 168 valence electrons. The monoisotopic (exact) mass is 434 g/mol. The highest BCUT2D eigenvalue weighted by atomic mass is 19.1. The Bertz CT molecular complexity index is 1190. The molecule has 2 aromatic heterocycles. The van der Waals surface area contributed by atoms with Gasteiger partial charge in [0.15, 0.2) is 5.82 Å². The molecule has 0 unspecified atom stereocenters. The molecule has 0 saturated carbocycles. The first-order chi connectivity index (χ1) is 15.2. The Morgan fingerprint density at radius 2 is 2.12 bits per heavy atom. The molecule has 0 spiro atoms. The minimum Gasteiger partial charge on any atom is -0.372 e. The van der Waals surface area contributed by atoms with Gasteiger partial charge < -0.3 is 15.2 Å². The summed E-state index contributed by atoms with van der Waals surface area (Å²) in [6.07, 6.45) is 10.3. The molecule has 7 heteroatoms. The average molecular weight is 435 g/mol. The first-order valence-corrected chi connectivity index (χ1v) is 10.9. The van der Waals surface area contributed by atoms with E-state index in [1.54, 1.807) is 0 Å². The number of hydrogen-bond acceptors (Lipinski definition) is 4. The minimum atomic E-state index is -0.469.